The van der Waals surface area contributed by atoms with Crippen LogP contribution in [0.25, 0.3) is 0 Å². The Morgan fingerprint density at radius 3 is 2.50 bits per heavy atom. The molecular formula is C14H18Cl2N2O3S. The van der Waals surface area contributed by atoms with Gasteiger partial charge in [-0.25, -0.2) is 8.42 Å². The van der Waals surface area contributed by atoms with Crippen molar-refractivity contribution in [2.24, 2.45) is 0 Å². The Bertz CT molecular complexity index is 658. The van der Waals surface area contributed by atoms with Gasteiger partial charge in [0.05, 0.1) is 22.0 Å². The van der Waals surface area contributed by atoms with Gasteiger partial charge < -0.3 is 4.90 Å². The average Bonchev–Trinajstić information content (AvgIpc) is 2.96. The molecule has 2 rings (SSSR count). The Morgan fingerprint density at radius 2 is 1.91 bits per heavy atom. The molecule has 0 spiro atoms. The standard InChI is InChI=1S/C14H18Cl2N2O3S/c1-22(20,21)18(12-6-4-5-11(15)14(12)16)10-7-13(19)17-8-2-3-9-17/h4-6H,2-3,7-10H2,1H3. The lowest BCUT2D eigenvalue weighted by atomic mass is 10.3. The number of hydrogen-bond acceptors (Lipinski definition) is 3. The number of halogens is 2. The fourth-order valence-corrected chi connectivity index (χ4v) is 3.85. The molecule has 0 bridgehead atoms. The predicted molar refractivity (Wildman–Crippen MR) is 89.1 cm³/mol. The number of amides is 1. The van der Waals surface area contributed by atoms with Crippen molar-refractivity contribution in [1.29, 1.82) is 0 Å². The van der Waals surface area contributed by atoms with Crippen molar-refractivity contribution < 1.29 is 13.2 Å². The van der Waals surface area contributed by atoms with Crippen molar-refractivity contribution in [2.75, 3.05) is 30.2 Å². The number of anilines is 1. The summed E-state index contributed by atoms with van der Waals surface area (Å²) in [6.07, 6.45) is 3.21. The van der Waals surface area contributed by atoms with Crippen LogP contribution in [0.5, 0.6) is 0 Å². The van der Waals surface area contributed by atoms with E-state index in [4.69, 9.17) is 23.2 Å². The number of likely N-dealkylation sites (tertiary alicyclic amines) is 1. The van der Waals surface area contributed by atoms with Gasteiger partial charge in [-0.15, -0.1) is 0 Å². The second-order valence-electron chi connectivity index (χ2n) is 5.25. The molecule has 0 unspecified atom stereocenters. The van der Waals surface area contributed by atoms with Crippen LogP contribution in [0, 0.1) is 0 Å². The van der Waals surface area contributed by atoms with Crippen LogP contribution in [0.4, 0.5) is 5.69 Å². The summed E-state index contributed by atoms with van der Waals surface area (Å²) >= 11 is 12.0. The molecule has 1 saturated heterocycles. The third kappa shape index (κ3) is 4.06. The molecule has 0 N–H and O–H groups in total. The maximum absolute atomic E-state index is 12.1. The summed E-state index contributed by atoms with van der Waals surface area (Å²) < 4.78 is 25.2. The molecule has 0 aliphatic carbocycles. The molecule has 0 saturated carbocycles. The van der Waals surface area contributed by atoms with Crippen LogP contribution in [0.3, 0.4) is 0 Å². The van der Waals surface area contributed by atoms with Crippen LogP contribution in [-0.2, 0) is 14.8 Å². The van der Waals surface area contributed by atoms with Crippen molar-refractivity contribution in [1.82, 2.24) is 4.90 Å². The van der Waals surface area contributed by atoms with E-state index >= 15 is 0 Å². The van der Waals surface area contributed by atoms with Gasteiger partial charge in [-0.3, -0.25) is 9.10 Å². The minimum absolute atomic E-state index is 0.0377. The van der Waals surface area contributed by atoms with Gasteiger partial charge in [0.1, 0.15) is 0 Å². The fourth-order valence-electron chi connectivity index (χ4n) is 2.47. The number of hydrogen-bond donors (Lipinski definition) is 0. The van der Waals surface area contributed by atoms with E-state index in [1.807, 2.05) is 0 Å². The van der Waals surface area contributed by atoms with Crippen LogP contribution in [-0.4, -0.2) is 45.1 Å². The minimum Gasteiger partial charge on any atom is -0.343 e. The largest absolute Gasteiger partial charge is 0.343 e. The zero-order valence-corrected chi connectivity index (χ0v) is 14.6. The molecule has 8 heteroatoms. The van der Waals surface area contributed by atoms with Crippen LogP contribution in [0.2, 0.25) is 10.0 Å². The van der Waals surface area contributed by atoms with E-state index in [-0.39, 0.29) is 28.9 Å². The van der Waals surface area contributed by atoms with Crippen molar-refractivity contribution in [3.8, 4) is 0 Å². The van der Waals surface area contributed by atoms with E-state index in [9.17, 15) is 13.2 Å². The second kappa shape index (κ2) is 7.06. The molecule has 0 radical (unpaired) electrons. The molecule has 0 atom stereocenters. The summed E-state index contributed by atoms with van der Waals surface area (Å²) in [7, 11) is -3.56. The highest BCUT2D eigenvalue weighted by Crippen LogP contribution is 2.33. The monoisotopic (exact) mass is 364 g/mol. The third-order valence-corrected chi connectivity index (χ3v) is 5.58. The SMILES string of the molecule is CS(=O)(=O)N(CCC(=O)N1CCCC1)c1cccc(Cl)c1Cl. The Balaban J connectivity index is 2.17. The van der Waals surface area contributed by atoms with Gasteiger partial charge in [-0.2, -0.15) is 0 Å². The van der Waals surface area contributed by atoms with E-state index in [1.165, 1.54) is 0 Å². The lowest BCUT2D eigenvalue weighted by Gasteiger charge is -2.24. The van der Waals surface area contributed by atoms with E-state index in [1.54, 1.807) is 23.1 Å². The Hall–Kier alpha value is -0.980. The minimum atomic E-state index is -3.56. The molecular weight excluding hydrogens is 347 g/mol. The van der Waals surface area contributed by atoms with Gasteiger partial charge >= 0.3 is 0 Å². The first-order valence-electron chi connectivity index (χ1n) is 7.00. The second-order valence-corrected chi connectivity index (χ2v) is 7.94. The van der Waals surface area contributed by atoms with E-state index in [0.717, 1.165) is 36.5 Å². The Morgan fingerprint density at radius 1 is 1.27 bits per heavy atom. The summed E-state index contributed by atoms with van der Waals surface area (Å²) in [5, 5.41) is 0.446. The zero-order chi connectivity index (χ0) is 16.3. The van der Waals surface area contributed by atoms with Crippen LogP contribution in [0.1, 0.15) is 19.3 Å². The average molecular weight is 365 g/mol. The number of carbonyl (C=O) groups excluding carboxylic acids is 1. The first-order valence-corrected chi connectivity index (χ1v) is 9.60. The molecule has 1 fully saturated rings. The predicted octanol–water partition coefficient (Wildman–Crippen LogP) is 2.77. The summed E-state index contributed by atoms with van der Waals surface area (Å²) in [5.41, 5.74) is 0.297. The number of rotatable bonds is 5. The highest BCUT2D eigenvalue weighted by molar-refractivity contribution is 7.92. The first-order chi connectivity index (χ1) is 10.3. The van der Waals surface area contributed by atoms with E-state index < -0.39 is 10.0 Å². The lowest BCUT2D eigenvalue weighted by molar-refractivity contribution is -0.129. The Kier molecular flexibility index (Phi) is 5.58. The van der Waals surface area contributed by atoms with Gasteiger partial charge in [0, 0.05) is 26.1 Å². The first kappa shape index (κ1) is 17.4. The maximum Gasteiger partial charge on any atom is 0.232 e. The molecule has 1 aliphatic rings. The summed E-state index contributed by atoms with van der Waals surface area (Å²) in [4.78, 5) is 13.9. The summed E-state index contributed by atoms with van der Waals surface area (Å²) in [5.74, 6) is -0.0377. The normalized spacial score (nSPS) is 15.1. The van der Waals surface area contributed by atoms with Gasteiger partial charge in [-0.05, 0) is 25.0 Å². The van der Waals surface area contributed by atoms with Crippen LogP contribution in [0.15, 0.2) is 18.2 Å². The molecule has 0 aromatic heterocycles. The smallest absolute Gasteiger partial charge is 0.232 e. The van der Waals surface area contributed by atoms with Gasteiger partial charge in [0.2, 0.25) is 15.9 Å². The number of sulfonamides is 1. The van der Waals surface area contributed by atoms with Crippen molar-refractivity contribution in [3.05, 3.63) is 28.2 Å². The molecule has 1 aromatic carbocycles. The molecule has 122 valence electrons. The molecule has 1 aliphatic heterocycles. The highest BCUT2D eigenvalue weighted by Gasteiger charge is 2.24. The molecule has 1 heterocycles. The van der Waals surface area contributed by atoms with E-state index in [0.29, 0.717) is 5.69 Å². The quantitative estimate of drug-likeness (QED) is 0.806. The van der Waals surface area contributed by atoms with Crippen molar-refractivity contribution in [3.63, 3.8) is 0 Å². The number of nitrogens with zero attached hydrogens (tertiary/aromatic N) is 2. The van der Waals surface area contributed by atoms with Crippen LogP contribution >= 0.6 is 23.2 Å². The summed E-state index contributed by atoms with van der Waals surface area (Å²) in [6.45, 7) is 1.54. The molecule has 5 nitrogen and oxygen atoms in total. The molecule has 1 amide bonds. The van der Waals surface area contributed by atoms with Crippen LogP contribution < -0.4 is 4.31 Å². The van der Waals surface area contributed by atoms with E-state index in [2.05, 4.69) is 0 Å². The Labute approximate surface area is 140 Å². The summed E-state index contributed by atoms with van der Waals surface area (Å²) in [6, 6.07) is 4.79. The van der Waals surface area contributed by atoms with Gasteiger partial charge in [0.25, 0.3) is 0 Å². The number of benzene rings is 1. The zero-order valence-electron chi connectivity index (χ0n) is 12.3. The maximum atomic E-state index is 12.1. The fraction of sp³-hybridized carbons (Fsp3) is 0.500. The molecule has 1 aromatic rings. The van der Waals surface area contributed by atoms with Crippen molar-refractivity contribution >= 4 is 44.8 Å². The van der Waals surface area contributed by atoms with Gasteiger partial charge in [0.15, 0.2) is 0 Å². The highest BCUT2D eigenvalue weighted by atomic mass is 35.5. The van der Waals surface area contributed by atoms with Gasteiger partial charge in [-0.1, -0.05) is 29.3 Å². The topological polar surface area (TPSA) is 57.7 Å². The third-order valence-electron chi connectivity index (χ3n) is 3.59. The molecule has 22 heavy (non-hydrogen) atoms. The van der Waals surface area contributed by atoms with Crippen molar-refractivity contribution in [2.45, 2.75) is 19.3 Å². The lowest BCUT2D eigenvalue weighted by Crippen LogP contribution is -2.35. The number of carbonyl (C=O) groups is 1.